The highest BCUT2D eigenvalue weighted by Gasteiger charge is 2.17. The number of benzene rings is 2. The molecule has 0 atom stereocenters. The fraction of sp³-hybridized carbons (Fsp3) is 0.143. The van der Waals surface area contributed by atoms with Crippen LogP contribution in [-0.2, 0) is 6.42 Å². The lowest BCUT2D eigenvalue weighted by molar-refractivity contribution is 0.470. The van der Waals surface area contributed by atoms with E-state index in [0.717, 1.165) is 0 Å². The Morgan fingerprint density at radius 2 is 1.86 bits per heavy atom. The molecule has 0 saturated carbocycles. The summed E-state index contributed by atoms with van der Waals surface area (Å²) in [4.78, 5) is 5.18. The van der Waals surface area contributed by atoms with Gasteiger partial charge in [-0.25, -0.2) is 4.98 Å². The largest absolute Gasteiger partial charge is 0.506 e. The van der Waals surface area contributed by atoms with Crippen LogP contribution in [0.4, 0.5) is 5.69 Å². The molecule has 2 N–H and O–H groups in total. The Balaban J connectivity index is 2.10. The highest BCUT2D eigenvalue weighted by atomic mass is 35.5. The third kappa shape index (κ3) is 2.35. The summed E-state index contributed by atoms with van der Waals surface area (Å²) in [5.74, 6) is 0.311. The number of nitrogens with zero attached hydrogens (tertiary/aromatic N) is 5. The standard InChI is InChI=1S/C14H12ClN5O2/c1-2-10-16-7-20(18-10)19-17-12-11(15)13(21)8-5-3-4-6-9(8)14(12)22/h3-7,21-22H,2H2,1H3. The quantitative estimate of drug-likeness (QED) is 0.569. The van der Waals surface area contributed by atoms with E-state index in [1.54, 1.807) is 24.3 Å². The van der Waals surface area contributed by atoms with Gasteiger partial charge >= 0.3 is 0 Å². The Bertz CT molecular complexity index is 875. The van der Waals surface area contributed by atoms with Gasteiger partial charge in [0.25, 0.3) is 0 Å². The third-order valence-electron chi connectivity index (χ3n) is 3.16. The number of aromatic nitrogens is 3. The number of rotatable bonds is 3. The summed E-state index contributed by atoms with van der Waals surface area (Å²) in [5, 5.41) is 33.0. The summed E-state index contributed by atoms with van der Waals surface area (Å²) in [6.07, 6.45) is 2.07. The zero-order valence-corrected chi connectivity index (χ0v) is 12.4. The number of aromatic hydroxyl groups is 2. The Morgan fingerprint density at radius 3 is 2.50 bits per heavy atom. The number of hydrogen-bond acceptors (Lipinski definition) is 6. The molecular weight excluding hydrogens is 306 g/mol. The van der Waals surface area contributed by atoms with Crippen LogP contribution in [0.15, 0.2) is 40.9 Å². The van der Waals surface area contributed by atoms with Gasteiger partial charge in [0.2, 0.25) is 0 Å². The van der Waals surface area contributed by atoms with E-state index >= 15 is 0 Å². The Morgan fingerprint density at radius 1 is 1.18 bits per heavy atom. The monoisotopic (exact) mass is 317 g/mol. The van der Waals surface area contributed by atoms with Crippen LogP contribution in [0.2, 0.25) is 5.02 Å². The Hall–Kier alpha value is -2.67. The first-order valence-electron chi connectivity index (χ1n) is 6.56. The van der Waals surface area contributed by atoms with Gasteiger partial charge in [0.15, 0.2) is 17.3 Å². The van der Waals surface area contributed by atoms with Gasteiger partial charge in [0, 0.05) is 17.2 Å². The lowest BCUT2D eigenvalue weighted by Crippen LogP contribution is -1.89. The van der Waals surface area contributed by atoms with Crippen molar-refractivity contribution in [2.45, 2.75) is 13.3 Å². The minimum absolute atomic E-state index is 0.0218. The van der Waals surface area contributed by atoms with Crippen molar-refractivity contribution in [2.24, 2.45) is 10.3 Å². The minimum Gasteiger partial charge on any atom is -0.506 e. The van der Waals surface area contributed by atoms with Crippen molar-refractivity contribution < 1.29 is 10.2 Å². The summed E-state index contributed by atoms with van der Waals surface area (Å²) in [6.45, 7) is 1.92. The molecule has 0 radical (unpaired) electrons. The van der Waals surface area contributed by atoms with Crippen LogP contribution >= 0.6 is 11.6 Å². The number of fused-ring (bicyclic) bond motifs is 1. The normalized spacial score (nSPS) is 11.5. The minimum atomic E-state index is -0.156. The van der Waals surface area contributed by atoms with E-state index in [0.29, 0.717) is 23.0 Å². The van der Waals surface area contributed by atoms with E-state index in [-0.39, 0.29) is 22.2 Å². The first-order valence-corrected chi connectivity index (χ1v) is 6.94. The maximum Gasteiger partial charge on any atom is 0.152 e. The molecule has 0 unspecified atom stereocenters. The summed E-state index contributed by atoms with van der Waals surface area (Å²) in [5.41, 5.74) is -0.0218. The van der Waals surface area contributed by atoms with Gasteiger partial charge in [-0.3, -0.25) is 0 Å². The highest BCUT2D eigenvalue weighted by molar-refractivity contribution is 6.36. The molecule has 0 fully saturated rings. The van der Waals surface area contributed by atoms with Gasteiger partial charge in [-0.1, -0.05) is 42.8 Å². The van der Waals surface area contributed by atoms with Gasteiger partial charge in [-0.05, 0) is 5.22 Å². The molecule has 8 heteroatoms. The predicted molar refractivity (Wildman–Crippen MR) is 81.6 cm³/mol. The van der Waals surface area contributed by atoms with Crippen LogP contribution in [0.1, 0.15) is 12.7 Å². The van der Waals surface area contributed by atoms with Crippen molar-refractivity contribution in [1.82, 2.24) is 14.9 Å². The predicted octanol–water partition coefficient (Wildman–Crippen LogP) is 3.61. The van der Waals surface area contributed by atoms with E-state index in [9.17, 15) is 10.2 Å². The van der Waals surface area contributed by atoms with E-state index in [4.69, 9.17) is 11.6 Å². The zero-order chi connectivity index (χ0) is 15.7. The lowest BCUT2D eigenvalue weighted by atomic mass is 10.1. The summed E-state index contributed by atoms with van der Waals surface area (Å²) < 4.78 is 0. The van der Waals surface area contributed by atoms with Crippen LogP contribution in [0.5, 0.6) is 11.5 Å². The third-order valence-corrected chi connectivity index (χ3v) is 3.52. The fourth-order valence-electron chi connectivity index (χ4n) is 2.03. The topological polar surface area (TPSA) is 95.9 Å². The average Bonchev–Trinajstić information content (AvgIpc) is 3.01. The molecule has 0 aliphatic rings. The smallest absolute Gasteiger partial charge is 0.152 e. The van der Waals surface area contributed by atoms with Crippen molar-refractivity contribution in [3.63, 3.8) is 0 Å². The number of hydrogen-bond donors (Lipinski definition) is 2. The molecule has 0 saturated heterocycles. The van der Waals surface area contributed by atoms with Crippen molar-refractivity contribution in [3.05, 3.63) is 41.4 Å². The first kappa shape index (κ1) is 14.3. The van der Waals surface area contributed by atoms with Crippen molar-refractivity contribution in [1.29, 1.82) is 0 Å². The molecular formula is C14H12ClN5O2. The van der Waals surface area contributed by atoms with Gasteiger partial charge in [0.05, 0.1) is 0 Å². The van der Waals surface area contributed by atoms with Crippen LogP contribution in [-0.4, -0.2) is 25.1 Å². The summed E-state index contributed by atoms with van der Waals surface area (Å²) in [6, 6.07) is 6.79. The summed E-state index contributed by atoms with van der Waals surface area (Å²) in [7, 11) is 0. The first-order chi connectivity index (χ1) is 10.6. The van der Waals surface area contributed by atoms with Crippen molar-refractivity contribution >= 4 is 28.1 Å². The second-order valence-corrected chi connectivity index (χ2v) is 4.91. The fourth-order valence-corrected chi connectivity index (χ4v) is 2.26. The second-order valence-electron chi connectivity index (χ2n) is 4.53. The number of aryl methyl sites for hydroxylation is 1. The van der Waals surface area contributed by atoms with Gasteiger partial charge in [0.1, 0.15) is 17.1 Å². The molecule has 7 nitrogen and oxygen atoms in total. The molecule has 0 amide bonds. The van der Waals surface area contributed by atoms with Crippen molar-refractivity contribution in [2.75, 3.05) is 0 Å². The molecule has 0 aliphatic carbocycles. The maximum atomic E-state index is 10.3. The van der Waals surface area contributed by atoms with Gasteiger partial charge in [-0.15, -0.1) is 15.0 Å². The molecule has 1 heterocycles. The SMILES string of the molecule is CCc1ncn(N=Nc2c(Cl)c(O)c3ccccc3c2O)n1. The molecule has 3 rings (SSSR count). The molecule has 112 valence electrons. The lowest BCUT2D eigenvalue weighted by Gasteiger charge is -2.08. The molecule has 3 aromatic rings. The number of phenolic OH excluding ortho intramolecular Hbond substituents is 2. The van der Waals surface area contributed by atoms with Crippen LogP contribution in [0.3, 0.4) is 0 Å². The van der Waals surface area contributed by atoms with Crippen LogP contribution in [0.25, 0.3) is 10.8 Å². The zero-order valence-electron chi connectivity index (χ0n) is 11.6. The van der Waals surface area contributed by atoms with Gasteiger partial charge in [-0.2, -0.15) is 0 Å². The number of halogens is 1. The van der Waals surface area contributed by atoms with Gasteiger partial charge < -0.3 is 10.2 Å². The molecule has 0 aliphatic heterocycles. The van der Waals surface area contributed by atoms with E-state index in [2.05, 4.69) is 20.4 Å². The number of phenols is 2. The van der Waals surface area contributed by atoms with Crippen LogP contribution in [0, 0.1) is 0 Å². The molecule has 0 bridgehead atoms. The van der Waals surface area contributed by atoms with E-state index in [1.807, 2.05) is 6.92 Å². The summed E-state index contributed by atoms with van der Waals surface area (Å²) >= 11 is 6.07. The van der Waals surface area contributed by atoms with Crippen LogP contribution < -0.4 is 0 Å². The maximum absolute atomic E-state index is 10.3. The van der Waals surface area contributed by atoms with E-state index < -0.39 is 0 Å². The Kier molecular flexibility index (Phi) is 3.64. The molecule has 22 heavy (non-hydrogen) atoms. The molecule has 1 aromatic heterocycles. The van der Waals surface area contributed by atoms with E-state index in [1.165, 1.54) is 11.1 Å². The highest BCUT2D eigenvalue weighted by Crippen LogP contribution is 2.47. The molecule has 0 spiro atoms. The van der Waals surface area contributed by atoms with Crippen molar-refractivity contribution in [3.8, 4) is 11.5 Å². The Labute approximate surface area is 130 Å². The molecule has 2 aromatic carbocycles. The average molecular weight is 318 g/mol. The second kappa shape index (κ2) is 5.61.